The van der Waals surface area contributed by atoms with Crippen LogP contribution in [0.25, 0.3) is 5.65 Å². The smallest absolute Gasteiger partial charge is 0.191 e. The summed E-state index contributed by atoms with van der Waals surface area (Å²) in [6.07, 6.45) is 5.92. The number of thioether (sulfide) groups is 1. The van der Waals surface area contributed by atoms with Gasteiger partial charge in [-0.25, -0.2) is 4.98 Å². The number of aryl methyl sites for hydroxylation is 2. The minimum atomic E-state index is 0.767. The average Bonchev–Trinajstić information content (AvgIpc) is 3.53. The summed E-state index contributed by atoms with van der Waals surface area (Å²) in [7, 11) is 0. The lowest BCUT2D eigenvalue weighted by Crippen LogP contribution is -2.08. The normalized spacial score (nSPS) is 11.4. The molecule has 5 rings (SSSR count). The number of benzene rings is 1. The number of nitrogens with zero attached hydrogens (tertiary/aromatic N) is 5. The molecular formula is C24H23N5S2. The molecule has 0 amide bonds. The summed E-state index contributed by atoms with van der Waals surface area (Å²) < 4.78 is 4.37. The van der Waals surface area contributed by atoms with E-state index in [9.17, 15) is 0 Å². The van der Waals surface area contributed by atoms with E-state index in [2.05, 4.69) is 92.3 Å². The van der Waals surface area contributed by atoms with Gasteiger partial charge in [-0.05, 0) is 42.0 Å². The first-order chi connectivity index (χ1) is 15.3. The van der Waals surface area contributed by atoms with E-state index in [0.717, 1.165) is 47.5 Å². The molecule has 0 bridgehead atoms. The Hall–Kier alpha value is -2.90. The molecule has 0 spiro atoms. The predicted octanol–water partition coefficient (Wildman–Crippen LogP) is 5.42. The van der Waals surface area contributed by atoms with E-state index >= 15 is 0 Å². The standard InChI is InChI=1S/C24H23N5S2/c1-18-7-5-12-28-16-20(25-23(18)28)17-31-24-27-26-22(15-21-10-6-14-30-21)29(24)13-11-19-8-3-2-4-9-19/h2-10,12,14,16H,11,13,15,17H2,1H3. The van der Waals surface area contributed by atoms with Crippen molar-refractivity contribution in [2.75, 3.05) is 0 Å². The second-order valence-corrected chi connectivity index (χ2v) is 9.46. The molecule has 4 aromatic heterocycles. The van der Waals surface area contributed by atoms with Crippen LogP contribution in [-0.4, -0.2) is 24.1 Å². The first-order valence-electron chi connectivity index (χ1n) is 10.3. The highest BCUT2D eigenvalue weighted by molar-refractivity contribution is 7.98. The van der Waals surface area contributed by atoms with Crippen LogP contribution in [0.2, 0.25) is 0 Å². The summed E-state index contributed by atoms with van der Waals surface area (Å²) in [5.74, 6) is 1.79. The van der Waals surface area contributed by atoms with Crippen molar-refractivity contribution in [2.45, 2.75) is 37.2 Å². The largest absolute Gasteiger partial charge is 0.307 e. The van der Waals surface area contributed by atoms with Crippen LogP contribution in [0.15, 0.2) is 77.5 Å². The maximum Gasteiger partial charge on any atom is 0.191 e. The summed E-state index contributed by atoms with van der Waals surface area (Å²) in [4.78, 5) is 6.11. The van der Waals surface area contributed by atoms with Crippen molar-refractivity contribution in [2.24, 2.45) is 0 Å². The second kappa shape index (κ2) is 9.08. The molecule has 0 unspecified atom stereocenters. The summed E-state index contributed by atoms with van der Waals surface area (Å²) in [5, 5.41) is 12.2. The quantitative estimate of drug-likeness (QED) is 0.299. The number of fused-ring (bicyclic) bond motifs is 1. The molecule has 7 heteroatoms. The molecular weight excluding hydrogens is 422 g/mol. The van der Waals surface area contributed by atoms with E-state index in [0.29, 0.717) is 0 Å². The number of hydrogen-bond donors (Lipinski definition) is 0. The number of pyridine rings is 1. The molecule has 4 heterocycles. The van der Waals surface area contributed by atoms with Gasteiger partial charge in [-0.3, -0.25) is 0 Å². The van der Waals surface area contributed by atoms with Crippen LogP contribution in [0, 0.1) is 6.92 Å². The van der Waals surface area contributed by atoms with Crippen LogP contribution in [0.4, 0.5) is 0 Å². The Kier molecular flexibility index (Phi) is 5.86. The van der Waals surface area contributed by atoms with E-state index < -0.39 is 0 Å². The molecule has 0 saturated carbocycles. The van der Waals surface area contributed by atoms with E-state index in [4.69, 9.17) is 4.98 Å². The third-order valence-corrected chi connectivity index (χ3v) is 7.13. The number of thiophene rings is 1. The van der Waals surface area contributed by atoms with Crippen molar-refractivity contribution >= 4 is 28.7 Å². The zero-order valence-corrected chi connectivity index (χ0v) is 18.9. The van der Waals surface area contributed by atoms with E-state index in [1.807, 2.05) is 6.20 Å². The average molecular weight is 446 g/mol. The SMILES string of the molecule is Cc1cccn2cc(CSc3nnc(Cc4cccs4)n3CCc3ccccc3)nc12. The van der Waals surface area contributed by atoms with Gasteiger partial charge in [0.05, 0.1) is 5.69 Å². The molecule has 31 heavy (non-hydrogen) atoms. The first kappa shape index (κ1) is 20.0. The molecule has 0 radical (unpaired) electrons. The zero-order valence-electron chi connectivity index (χ0n) is 17.3. The topological polar surface area (TPSA) is 48.0 Å². The highest BCUT2D eigenvalue weighted by Crippen LogP contribution is 2.24. The van der Waals surface area contributed by atoms with Gasteiger partial charge < -0.3 is 8.97 Å². The van der Waals surface area contributed by atoms with Gasteiger partial charge in [-0.15, -0.1) is 21.5 Å². The van der Waals surface area contributed by atoms with Gasteiger partial charge in [0.25, 0.3) is 0 Å². The van der Waals surface area contributed by atoms with Crippen molar-refractivity contribution in [1.82, 2.24) is 24.1 Å². The predicted molar refractivity (Wildman–Crippen MR) is 127 cm³/mol. The maximum atomic E-state index is 4.80. The molecule has 5 aromatic rings. The van der Waals surface area contributed by atoms with Crippen molar-refractivity contribution in [3.8, 4) is 0 Å². The number of rotatable bonds is 8. The number of aromatic nitrogens is 5. The van der Waals surface area contributed by atoms with Crippen LogP contribution in [0.3, 0.4) is 0 Å². The lowest BCUT2D eigenvalue weighted by molar-refractivity contribution is 0.610. The Balaban J connectivity index is 1.37. The first-order valence-corrected chi connectivity index (χ1v) is 12.2. The summed E-state index contributed by atoms with van der Waals surface area (Å²) >= 11 is 3.47. The Bertz CT molecular complexity index is 1270. The van der Waals surface area contributed by atoms with Crippen LogP contribution in [0.5, 0.6) is 0 Å². The number of hydrogen-bond acceptors (Lipinski definition) is 5. The summed E-state index contributed by atoms with van der Waals surface area (Å²) in [6.45, 7) is 2.96. The van der Waals surface area contributed by atoms with Crippen molar-refractivity contribution < 1.29 is 0 Å². The Labute approximate surface area is 189 Å². The third-order valence-electron chi connectivity index (χ3n) is 5.25. The molecule has 0 aliphatic rings. The summed E-state index contributed by atoms with van der Waals surface area (Å²) in [6, 6.07) is 19.0. The van der Waals surface area contributed by atoms with Crippen LogP contribution >= 0.6 is 23.1 Å². The lowest BCUT2D eigenvalue weighted by atomic mass is 10.1. The fourth-order valence-electron chi connectivity index (χ4n) is 3.65. The number of imidazole rings is 1. The third kappa shape index (κ3) is 4.57. The minimum absolute atomic E-state index is 0.767. The fraction of sp³-hybridized carbons (Fsp3) is 0.208. The highest BCUT2D eigenvalue weighted by Gasteiger charge is 2.15. The van der Waals surface area contributed by atoms with Gasteiger partial charge in [0.2, 0.25) is 0 Å². The van der Waals surface area contributed by atoms with E-state index in [1.165, 1.54) is 16.0 Å². The Morgan fingerprint density at radius 3 is 2.71 bits per heavy atom. The van der Waals surface area contributed by atoms with Gasteiger partial charge >= 0.3 is 0 Å². The van der Waals surface area contributed by atoms with Crippen molar-refractivity contribution in [3.05, 3.63) is 99.9 Å². The minimum Gasteiger partial charge on any atom is -0.307 e. The Morgan fingerprint density at radius 1 is 1.00 bits per heavy atom. The molecule has 0 N–H and O–H groups in total. The molecule has 0 fully saturated rings. The fourth-order valence-corrected chi connectivity index (χ4v) is 5.22. The van der Waals surface area contributed by atoms with Crippen LogP contribution < -0.4 is 0 Å². The van der Waals surface area contributed by atoms with E-state index in [1.54, 1.807) is 23.1 Å². The maximum absolute atomic E-state index is 4.80. The molecule has 1 aromatic carbocycles. The van der Waals surface area contributed by atoms with Gasteiger partial charge in [0.15, 0.2) is 5.16 Å². The molecule has 156 valence electrons. The van der Waals surface area contributed by atoms with E-state index in [-0.39, 0.29) is 0 Å². The second-order valence-electron chi connectivity index (χ2n) is 7.49. The molecule has 0 aliphatic heterocycles. The van der Waals surface area contributed by atoms with Crippen LogP contribution in [0.1, 0.15) is 27.5 Å². The van der Waals surface area contributed by atoms with Gasteiger partial charge in [-0.2, -0.15) is 0 Å². The monoisotopic (exact) mass is 445 g/mol. The van der Waals surface area contributed by atoms with Crippen LogP contribution in [-0.2, 0) is 25.1 Å². The molecule has 0 atom stereocenters. The van der Waals surface area contributed by atoms with Crippen molar-refractivity contribution in [3.63, 3.8) is 0 Å². The Morgan fingerprint density at radius 2 is 1.90 bits per heavy atom. The van der Waals surface area contributed by atoms with Gasteiger partial charge in [0, 0.05) is 36.0 Å². The molecule has 0 saturated heterocycles. The molecule has 0 aliphatic carbocycles. The zero-order chi connectivity index (χ0) is 21.0. The molecule has 5 nitrogen and oxygen atoms in total. The van der Waals surface area contributed by atoms with Crippen molar-refractivity contribution in [1.29, 1.82) is 0 Å². The van der Waals surface area contributed by atoms with Gasteiger partial charge in [0.1, 0.15) is 11.5 Å². The highest BCUT2D eigenvalue weighted by atomic mass is 32.2. The lowest BCUT2D eigenvalue weighted by Gasteiger charge is -2.10. The summed E-state index contributed by atoms with van der Waals surface area (Å²) in [5.41, 5.74) is 4.58. The van der Waals surface area contributed by atoms with Gasteiger partial charge in [-0.1, -0.05) is 54.2 Å².